The summed E-state index contributed by atoms with van der Waals surface area (Å²) in [5.41, 5.74) is 4.54. The van der Waals surface area contributed by atoms with Crippen LogP contribution >= 0.6 is 0 Å². The second-order valence-corrected chi connectivity index (χ2v) is 8.28. The molecule has 6 nitrogen and oxygen atoms in total. The molecule has 3 rings (SSSR count). The van der Waals surface area contributed by atoms with Crippen molar-refractivity contribution in [3.63, 3.8) is 0 Å². The van der Waals surface area contributed by atoms with Gasteiger partial charge in [-0.2, -0.15) is 0 Å². The van der Waals surface area contributed by atoms with Gasteiger partial charge in [0.25, 0.3) is 0 Å². The number of hydrogen-bond acceptors (Lipinski definition) is 4. The summed E-state index contributed by atoms with van der Waals surface area (Å²) in [6.45, 7) is 8.28. The second-order valence-electron chi connectivity index (χ2n) is 8.28. The number of fused-ring (bicyclic) bond motifs is 1. The van der Waals surface area contributed by atoms with Crippen molar-refractivity contribution in [1.82, 2.24) is 4.57 Å². The van der Waals surface area contributed by atoms with Crippen LogP contribution in [0.3, 0.4) is 0 Å². The first-order valence-corrected chi connectivity index (χ1v) is 10.9. The predicted octanol–water partition coefficient (Wildman–Crippen LogP) is 5.36. The maximum Gasteiger partial charge on any atom is 0.419 e. The molecule has 1 aromatic heterocycles. The van der Waals surface area contributed by atoms with Crippen molar-refractivity contribution in [2.45, 2.75) is 65.4 Å². The highest BCUT2D eigenvalue weighted by Gasteiger charge is 2.27. The van der Waals surface area contributed by atoms with E-state index in [-0.39, 0.29) is 0 Å². The van der Waals surface area contributed by atoms with Crippen molar-refractivity contribution in [3.8, 4) is 5.75 Å². The van der Waals surface area contributed by atoms with Gasteiger partial charge in [-0.1, -0.05) is 64.8 Å². The number of hydrogen-bond donors (Lipinski definition) is 1. The van der Waals surface area contributed by atoms with Crippen molar-refractivity contribution < 1.29 is 19.1 Å². The third-order valence-electron chi connectivity index (χ3n) is 5.59. The molecule has 0 saturated carbocycles. The van der Waals surface area contributed by atoms with E-state index in [0.29, 0.717) is 41.2 Å². The van der Waals surface area contributed by atoms with E-state index in [1.165, 1.54) is 4.57 Å². The molecule has 0 radical (unpaired) electrons. The first-order valence-electron chi connectivity index (χ1n) is 10.9. The number of rotatable bonds is 9. The summed E-state index contributed by atoms with van der Waals surface area (Å²) in [5.74, 6) is -0.623. The van der Waals surface area contributed by atoms with Crippen LogP contribution in [-0.2, 0) is 24.7 Å². The minimum atomic E-state index is -1.15. The zero-order chi connectivity index (χ0) is 22.7. The molecule has 0 unspecified atom stereocenters. The molecular weight excluding hydrogens is 394 g/mol. The molecule has 0 bridgehead atoms. The highest BCUT2D eigenvalue weighted by molar-refractivity contribution is 5.82. The fourth-order valence-electron chi connectivity index (χ4n) is 3.88. The van der Waals surface area contributed by atoms with Gasteiger partial charge in [0.15, 0.2) is 5.58 Å². The van der Waals surface area contributed by atoms with E-state index in [1.807, 2.05) is 37.3 Å². The number of carbonyl (C=O) groups is 1. The zero-order valence-corrected chi connectivity index (χ0v) is 18.9. The number of aliphatic carboxylic acids is 1. The normalized spacial score (nSPS) is 12.5. The molecule has 1 N–H and O–H groups in total. The molecule has 0 aliphatic heterocycles. The van der Waals surface area contributed by atoms with Crippen LogP contribution in [0.15, 0.2) is 39.5 Å². The van der Waals surface area contributed by atoms with Gasteiger partial charge in [0.2, 0.25) is 6.10 Å². The van der Waals surface area contributed by atoms with Crippen molar-refractivity contribution in [3.05, 3.63) is 63.1 Å². The molecule has 0 saturated heterocycles. The summed E-state index contributed by atoms with van der Waals surface area (Å²) < 4.78 is 13.2. The SMILES string of the molecule is CCCc1cc2c(oc(=O)n2C)c(CCC)c1O[C@H](C(=O)O)c1ccc(C(C)C)cc1. The molecule has 2 aromatic carbocycles. The Bertz CT molecular complexity index is 1120. The summed E-state index contributed by atoms with van der Waals surface area (Å²) in [4.78, 5) is 24.4. The smallest absolute Gasteiger partial charge is 0.419 e. The zero-order valence-electron chi connectivity index (χ0n) is 18.9. The Kier molecular flexibility index (Phi) is 6.88. The van der Waals surface area contributed by atoms with Crippen molar-refractivity contribution in [2.24, 2.45) is 7.05 Å². The van der Waals surface area contributed by atoms with Gasteiger partial charge in [-0.25, -0.2) is 9.59 Å². The number of nitrogens with zero attached hydrogens (tertiary/aromatic N) is 1. The minimum Gasteiger partial charge on any atom is -0.478 e. The average Bonchev–Trinajstić information content (AvgIpc) is 3.01. The summed E-state index contributed by atoms with van der Waals surface area (Å²) in [6, 6.07) is 9.40. The van der Waals surface area contributed by atoms with Crippen LogP contribution < -0.4 is 10.5 Å². The van der Waals surface area contributed by atoms with E-state index < -0.39 is 17.8 Å². The van der Waals surface area contributed by atoms with Crippen molar-refractivity contribution in [1.29, 1.82) is 0 Å². The maximum absolute atomic E-state index is 12.2. The molecule has 0 amide bonds. The number of carboxylic acid groups (broad SMARTS) is 1. The Morgan fingerprint density at radius 1 is 1.10 bits per heavy atom. The largest absolute Gasteiger partial charge is 0.478 e. The number of ether oxygens (including phenoxy) is 1. The Balaban J connectivity index is 2.16. The Hall–Kier alpha value is -3.02. The third-order valence-corrected chi connectivity index (χ3v) is 5.59. The fourth-order valence-corrected chi connectivity index (χ4v) is 3.88. The highest BCUT2D eigenvalue weighted by Crippen LogP contribution is 2.37. The lowest BCUT2D eigenvalue weighted by Crippen LogP contribution is -2.20. The fraction of sp³-hybridized carbons (Fsp3) is 0.440. The van der Waals surface area contributed by atoms with Gasteiger partial charge in [0.1, 0.15) is 5.75 Å². The third kappa shape index (κ3) is 4.53. The van der Waals surface area contributed by atoms with Gasteiger partial charge in [0.05, 0.1) is 5.52 Å². The van der Waals surface area contributed by atoms with E-state index >= 15 is 0 Å². The molecule has 6 heteroatoms. The maximum atomic E-state index is 12.2. The standard InChI is InChI=1S/C25H31NO5/c1-6-8-18-14-20-23(31-25(29)26(20)5)19(9-7-2)21(18)30-22(24(27)28)17-12-10-16(11-13-17)15(3)4/h10-15,22H,6-9H2,1-5H3,(H,27,28)/t22-/m0/s1. The minimum absolute atomic E-state index is 0.356. The Labute approximate surface area is 182 Å². The van der Waals surface area contributed by atoms with Gasteiger partial charge in [0, 0.05) is 18.2 Å². The summed E-state index contributed by atoms with van der Waals surface area (Å²) >= 11 is 0. The molecule has 0 aliphatic rings. The molecule has 166 valence electrons. The highest BCUT2D eigenvalue weighted by atomic mass is 16.5. The first-order chi connectivity index (χ1) is 14.8. The number of aromatic nitrogens is 1. The van der Waals surface area contributed by atoms with E-state index in [0.717, 1.165) is 29.5 Å². The van der Waals surface area contributed by atoms with Crippen LogP contribution in [-0.4, -0.2) is 15.6 Å². The lowest BCUT2D eigenvalue weighted by molar-refractivity contribution is -0.145. The number of benzene rings is 2. The first kappa shape index (κ1) is 22.7. The van der Waals surface area contributed by atoms with Crippen LogP contribution in [0.25, 0.3) is 11.1 Å². The topological polar surface area (TPSA) is 81.7 Å². The van der Waals surface area contributed by atoms with Crippen LogP contribution in [0, 0.1) is 0 Å². The number of aryl methyl sites for hydroxylation is 3. The van der Waals surface area contributed by atoms with Crippen LogP contribution in [0.1, 0.15) is 74.8 Å². The van der Waals surface area contributed by atoms with Gasteiger partial charge >= 0.3 is 11.7 Å². The van der Waals surface area contributed by atoms with Crippen LogP contribution in [0.4, 0.5) is 0 Å². The molecular formula is C25H31NO5. The molecule has 3 aromatic rings. The molecule has 1 atom stereocenters. The molecule has 0 fully saturated rings. The molecule has 0 spiro atoms. The molecule has 0 aliphatic carbocycles. The Morgan fingerprint density at radius 3 is 2.26 bits per heavy atom. The van der Waals surface area contributed by atoms with Gasteiger partial charge in [-0.15, -0.1) is 0 Å². The average molecular weight is 426 g/mol. The van der Waals surface area contributed by atoms with E-state index in [2.05, 4.69) is 20.8 Å². The summed E-state index contributed by atoms with van der Waals surface area (Å²) in [7, 11) is 1.68. The molecule has 1 heterocycles. The van der Waals surface area contributed by atoms with Gasteiger partial charge < -0.3 is 14.3 Å². The second kappa shape index (κ2) is 9.41. The van der Waals surface area contributed by atoms with Crippen molar-refractivity contribution in [2.75, 3.05) is 0 Å². The Morgan fingerprint density at radius 2 is 1.71 bits per heavy atom. The van der Waals surface area contributed by atoms with Crippen LogP contribution in [0.5, 0.6) is 5.75 Å². The lowest BCUT2D eigenvalue weighted by atomic mass is 9.98. The number of carboxylic acids is 1. The lowest BCUT2D eigenvalue weighted by Gasteiger charge is -2.21. The molecule has 31 heavy (non-hydrogen) atoms. The van der Waals surface area contributed by atoms with E-state index in [9.17, 15) is 14.7 Å². The van der Waals surface area contributed by atoms with Crippen LogP contribution in [0.2, 0.25) is 0 Å². The summed E-state index contributed by atoms with van der Waals surface area (Å²) in [5, 5.41) is 9.97. The number of oxazole rings is 1. The van der Waals surface area contributed by atoms with E-state index in [1.54, 1.807) is 7.05 Å². The monoisotopic (exact) mass is 425 g/mol. The van der Waals surface area contributed by atoms with Crippen molar-refractivity contribution >= 4 is 17.1 Å². The summed E-state index contributed by atoms with van der Waals surface area (Å²) in [6.07, 6.45) is 1.84. The van der Waals surface area contributed by atoms with E-state index in [4.69, 9.17) is 9.15 Å². The quantitative estimate of drug-likeness (QED) is 0.499. The van der Waals surface area contributed by atoms with Gasteiger partial charge in [-0.05, 0) is 36.0 Å². The predicted molar refractivity (Wildman–Crippen MR) is 121 cm³/mol. The van der Waals surface area contributed by atoms with Gasteiger partial charge in [-0.3, -0.25) is 4.57 Å².